The highest BCUT2D eigenvalue weighted by atomic mass is 35.5. The van der Waals surface area contributed by atoms with E-state index in [0.29, 0.717) is 6.07 Å². The summed E-state index contributed by atoms with van der Waals surface area (Å²) in [5, 5.41) is 6.71. The third kappa shape index (κ3) is 6.38. The number of anilines is 3. The van der Waals surface area contributed by atoms with Gasteiger partial charge in [0.25, 0.3) is 0 Å². The Morgan fingerprint density at radius 2 is 1.66 bits per heavy atom. The number of hydrogen-bond acceptors (Lipinski definition) is 4. The molecule has 0 atom stereocenters. The van der Waals surface area contributed by atoms with Crippen molar-refractivity contribution in [3.8, 4) is 11.5 Å². The van der Waals surface area contributed by atoms with E-state index in [1.54, 1.807) is 0 Å². The summed E-state index contributed by atoms with van der Waals surface area (Å²) in [4.78, 5) is 28.1. The van der Waals surface area contributed by atoms with E-state index in [9.17, 15) is 27.2 Å². The summed E-state index contributed by atoms with van der Waals surface area (Å²) in [6.07, 6.45) is -1.63. The zero-order valence-electron chi connectivity index (χ0n) is 17.7. The molecule has 0 spiro atoms. The van der Waals surface area contributed by atoms with E-state index >= 15 is 0 Å². The highest BCUT2D eigenvalue weighted by Crippen LogP contribution is 2.36. The maximum absolute atomic E-state index is 14.5. The van der Waals surface area contributed by atoms with Crippen LogP contribution in [0.5, 0.6) is 11.5 Å². The van der Waals surface area contributed by atoms with Crippen molar-refractivity contribution in [2.24, 2.45) is 5.92 Å². The lowest BCUT2D eigenvalue weighted by molar-refractivity contribution is -0.137. The number of halogens is 5. The molecule has 0 unspecified atom stereocenters. The molecule has 12 heteroatoms. The summed E-state index contributed by atoms with van der Waals surface area (Å²) in [5.74, 6) is -0.620. The van der Waals surface area contributed by atoms with Gasteiger partial charge < -0.3 is 20.7 Å². The second kappa shape index (κ2) is 9.79. The summed E-state index contributed by atoms with van der Waals surface area (Å²) < 4.78 is 59.0. The molecule has 1 aliphatic rings. The lowest BCUT2D eigenvalue weighted by atomic mass is 10.2. The fourth-order valence-corrected chi connectivity index (χ4v) is 3.24. The van der Waals surface area contributed by atoms with Crippen molar-refractivity contribution in [3.05, 3.63) is 71.1 Å². The Bertz CT molecular complexity index is 1280. The minimum atomic E-state index is -4.69. The van der Waals surface area contributed by atoms with Gasteiger partial charge in [0, 0.05) is 35.6 Å². The molecule has 35 heavy (non-hydrogen) atoms. The van der Waals surface area contributed by atoms with Gasteiger partial charge in [-0.2, -0.15) is 13.2 Å². The number of pyridine rings is 1. The molecule has 0 saturated heterocycles. The van der Waals surface area contributed by atoms with E-state index in [0.717, 1.165) is 25.0 Å². The quantitative estimate of drug-likeness (QED) is 0.324. The van der Waals surface area contributed by atoms with Gasteiger partial charge in [-0.05, 0) is 49.2 Å². The number of nitrogens with zero attached hydrogens (tertiary/aromatic N) is 1. The van der Waals surface area contributed by atoms with Gasteiger partial charge in [0.1, 0.15) is 11.6 Å². The molecule has 1 saturated carbocycles. The molecule has 1 aliphatic carbocycles. The van der Waals surface area contributed by atoms with E-state index in [1.807, 2.05) is 0 Å². The van der Waals surface area contributed by atoms with Crippen molar-refractivity contribution in [1.29, 1.82) is 0 Å². The Morgan fingerprint density at radius 1 is 0.971 bits per heavy atom. The number of alkyl halides is 3. The fraction of sp³-hybridized carbons (Fsp3) is 0.174. The number of nitrogens with one attached hydrogen (secondary N) is 3. The van der Waals surface area contributed by atoms with Crippen molar-refractivity contribution in [1.82, 2.24) is 4.98 Å². The Kier molecular flexibility index (Phi) is 6.79. The minimum Gasteiger partial charge on any atom is -0.454 e. The predicted molar refractivity (Wildman–Crippen MR) is 121 cm³/mol. The topological polar surface area (TPSA) is 92.3 Å². The summed E-state index contributed by atoms with van der Waals surface area (Å²) in [5.41, 5.74) is -1.22. The Morgan fingerprint density at radius 3 is 2.31 bits per heavy atom. The molecule has 182 valence electrons. The SMILES string of the molecule is O=C(Nc1ccc(Oc2ccnc(NC(=O)C3CC3)c2)c(F)c1)Nc1ccc(Cl)c(C(F)(F)F)c1. The predicted octanol–water partition coefficient (Wildman–Crippen LogP) is 6.68. The normalized spacial score (nSPS) is 13.2. The monoisotopic (exact) mass is 508 g/mol. The number of rotatable bonds is 6. The van der Waals surface area contributed by atoms with Crippen molar-refractivity contribution >= 4 is 40.7 Å². The van der Waals surface area contributed by atoms with E-state index in [-0.39, 0.29) is 40.5 Å². The third-order valence-electron chi connectivity index (χ3n) is 4.88. The van der Waals surface area contributed by atoms with Gasteiger partial charge in [-0.15, -0.1) is 0 Å². The average molecular weight is 509 g/mol. The largest absolute Gasteiger partial charge is 0.454 e. The molecule has 1 aromatic heterocycles. The minimum absolute atomic E-state index is 0.0116. The average Bonchev–Trinajstić information content (AvgIpc) is 3.62. The van der Waals surface area contributed by atoms with Crippen LogP contribution in [0, 0.1) is 11.7 Å². The summed E-state index contributed by atoms with van der Waals surface area (Å²) in [6.45, 7) is 0. The molecule has 7 nitrogen and oxygen atoms in total. The van der Waals surface area contributed by atoms with Gasteiger partial charge in [-0.3, -0.25) is 4.79 Å². The van der Waals surface area contributed by atoms with Crippen LogP contribution in [-0.2, 0) is 11.0 Å². The van der Waals surface area contributed by atoms with Crippen LogP contribution in [0.2, 0.25) is 5.02 Å². The molecule has 3 aromatic rings. The van der Waals surface area contributed by atoms with E-state index in [2.05, 4.69) is 20.9 Å². The number of urea groups is 1. The van der Waals surface area contributed by atoms with Crippen LogP contribution in [0.4, 0.5) is 39.5 Å². The zero-order chi connectivity index (χ0) is 25.2. The molecule has 3 amide bonds. The smallest absolute Gasteiger partial charge is 0.417 e. The van der Waals surface area contributed by atoms with Crippen molar-refractivity contribution in [2.75, 3.05) is 16.0 Å². The maximum Gasteiger partial charge on any atom is 0.417 e. The number of amides is 3. The van der Waals surface area contributed by atoms with Gasteiger partial charge >= 0.3 is 12.2 Å². The van der Waals surface area contributed by atoms with Crippen LogP contribution in [0.3, 0.4) is 0 Å². The van der Waals surface area contributed by atoms with Crippen LogP contribution >= 0.6 is 11.6 Å². The zero-order valence-corrected chi connectivity index (χ0v) is 18.5. The number of benzene rings is 2. The molecule has 2 aromatic carbocycles. The summed E-state index contributed by atoms with van der Waals surface area (Å²) in [6, 6.07) is 8.52. The van der Waals surface area contributed by atoms with Crippen LogP contribution in [0.1, 0.15) is 18.4 Å². The molecule has 1 heterocycles. The van der Waals surface area contributed by atoms with E-state index in [4.69, 9.17) is 16.3 Å². The molecule has 0 bridgehead atoms. The van der Waals surface area contributed by atoms with E-state index in [1.165, 1.54) is 36.5 Å². The number of carbonyl (C=O) groups is 2. The second-order valence-electron chi connectivity index (χ2n) is 7.66. The Hall–Kier alpha value is -3.86. The summed E-state index contributed by atoms with van der Waals surface area (Å²) >= 11 is 5.56. The number of aromatic nitrogens is 1. The number of hydrogen-bond donors (Lipinski definition) is 3. The first-order chi connectivity index (χ1) is 16.6. The molecule has 3 N–H and O–H groups in total. The second-order valence-corrected chi connectivity index (χ2v) is 8.07. The molecular formula is C23H17ClF4N4O3. The van der Waals surface area contributed by atoms with Gasteiger partial charge in [0.2, 0.25) is 5.91 Å². The molecule has 4 rings (SSSR count). The van der Waals surface area contributed by atoms with Crippen LogP contribution in [0.25, 0.3) is 0 Å². The first-order valence-corrected chi connectivity index (χ1v) is 10.7. The van der Waals surface area contributed by atoms with Crippen molar-refractivity contribution in [3.63, 3.8) is 0 Å². The Balaban J connectivity index is 1.39. The van der Waals surface area contributed by atoms with Gasteiger partial charge in [0.05, 0.1) is 10.6 Å². The fourth-order valence-electron chi connectivity index (χ4n) is 3.02. The number of carbonyl (C=O) groups excluding carboxylic acids is 2. The first-order valence-electron chi connectivity index (χ1n) is 10.3. The van der Waals surface area contributed by atoms with Gasteiger partial charge in [-0.1, -0.05) is 11.6 Å². The highest BCUT2D eigenvalue weighted by Gasteiger charge is 2.33. The number of ether oxygens (including phenoxy) is 1. The Labute approximate surface area is 201 Å². The first kappa shape index (κ1) is 24.3. The van der Waals surface area contributed by atoms with Crippen LogP contribution in [-0.4, -0.2) is 16.9 Å². The van der Waals surface area contributed by atoms with Crippen molar-refractivity contribution < 1.29 is 31.9 Å². The van der Waals surface area contributed by atoms with Crippen molar-refractivity contribution in [2.45, 2.75) is 19.0 Å². The van der Waals surface area contributed by atoms with Gasteiger partial charge in [0.15, 0.2) is 11.6 Å². The highest BCUT2D eigenvalue weighted by molar-refractivity contribution is 6.31. The molecule has 1 fully saturated rings. The lowest BCUT2D eigenvalue weighted by Gasteiger charge is -2.13. The van der Waals surface area contributed by atoms with Crippen LogP contribution in [0.15, 0.2) is 54.7 Å². The lowest BCUT2D eigenvalue weighted by Crippen LogP contribution is -2.20. The molecule has 0 radical (unpaired) electrons. The third-order valence-corrected chi connectivity index (χ3v) is 5.21. The molecular weight excluding hydrogens is 492 g/mol. The van der Waals surface area contributed by atoms with Crippen LogP contribution < -0.4 is 20.7 Å². The van der Waals surface area contributed by atoms with E-state index < -0.39 is 28.6 Å². The maximum atomic E-state index is 14.5. The van der Waals surface area contributed by atoms with Gasteiger partial charge in [-0.25, -0.2) is 14.2 Å². The molecule has 0 aliphatic heterocycles. The standard InChI is InChI=1S/C23H17ClF4N4O3/c24-17-5-3-13(9-16(17)23(26,27)28)30-22(34)31-14-4-6-19(18(25)10-14)35-15-7-8-29-20(11-15)32-21(33)12-1-2-12/h3-12H,1-2H2,(H,29,32,33)(H2,30,31,34). The summed E-state index contributed by atoms with van der Waals surface area (Å²) in [7, 11) is 0.